The van der Waals surface area contributed by atoms with E-state index >= 15 is 0 Å². The van der Waals surface area contributed by atoms with Crippen LogP contribution in [0.4, 0.5) is 16.6 Å². The minimum absolute atomic E-state index is 0.217. The molecule has 5 rings (SSSR count). The number of rotatable bonds is 5. The van der Waals surface area contributed by atoms with Crippen molar-refractivity contribution in [2.45, 2.75) is 45.6 Å². The van der Waals surface area contributed by atoms with E-state index in [4.69, 9.17) is 37.9 Å². The maximum Gasteiger partial charge on any atom is 0.410 e. The number of ether oxygens (including phenoxy) is 1. The number of halogens is 2. The lowest BCUT2D eigenvalue weighted by molar-refractivity contribution is 0.0182. The van der Waals surface area contributed by atoms with Gasteiger partial charge in [0.1, 0.15) is 17.3 Å². The van der Waals surface area contributed by atoms with Gasteiger partial charge in [0.25, 0.3) is 0 Å². The predicted octanol–water partition coefficient (Wildman–Crippen LogP) is 6.01. The SMILES string of the molecule is CC(C)(C)OC(=O)N1CCC(CCNc2ncc3c(n2)N2CCN=C2C(c2c(Cl)cccc2Cl)=C3)CC1. The molecule has 0 saturated carbocycles. The summed E-state index contributed by atoms with van der Waals surface area (Å²) in [5, 5.41) is 4.57. The minimum Gasteiger partial charge on any atom is -0.444 e. The molecule has 37 heavy (non-hydrogen) atoms. The van der Waals surface area contributed by atoms with Crippen molar-refractivity contribution in [3.8, 4) is 0 Å². The lowest BCUT2D eigenvalue weighted by Gasteiger charge is -2.33. The monoisotopic (exact) mass is 542 g/mol. The molecule has 0 aliphatic carbocycles. The highest BCUT2D eigenvalue weighted by Gasteiger charge is 2.32. The van der Waals surface area contributed by atoms with Crippen LogP contribution < -0.4 is 10.2 Å². The number of amides is 1. The Labute approximate surface area is 227 Å². The van der Waals surface area contributed by atoms with Gasteiger partial charge < -0.3 is 19.9 Å². The molecule has 0 bridgehead atoms. The van der Waals surface area contributed by atoms with Crippen LogP contribution in [-0.4, -0.2) is 65.1 Å². The summed E-state index contributed by atoms with van der Waals surface area (Å²) in [4.78, 5) is 30.3. The summed E-state index contributed by atoms with van der Waals surface area (Å²) in [5.41, 5.74) is 2.12. The van der Waals surface area contributed by atoms with E-state index < -0.39 is 5.60 Å². The van der Waals surface area contributed by atoms with Crippen LogP contribution >= 0.6 is 23.2 Å². The Morgan fingerprint density at radius 1 is 1.16 bits per heavy atom. The van der Waals surface area contributed by atoms with E-state index in [-0.39, 0.29) is 6.09 Å². The maximum absolute atomic E-state index is 12.3. The molecule has 10 heteroatoms. The average Bonchev–Trinajstić information content (AvgIpc) is 3.34. The van der Waals surface area contributed by atoms with Crippen LogP contribution in [0.2, 0.25) is 10.0 Å². The Kier molecular flexibility index (Phi) is 7.32. The Bertz CT molecular complexity index is 1230. The van der Waals surface area contributed by atoms with E-state index in [2.05, 4.69) is 15.2 Å². The van der Waals surface area contributed by atoms with Crippen molar-refractivity contribution in [1.82, 2.24) is 14.9 Å². The summed E-state index contributed by atoms with van der Waals surface area (Å²) < 4.78 is 5.50. The highest BCUT2D eigenvalue weighted by Crippen LogP contribution is 2.40. The molecule has 2 aromatic rings. The highest BCUT2D eigenvalue weighted by atomic mass is 35.5. The number of nitrogens with one attached hydrogen (secondary N) is 1. The van der Waals surface area contributed by atoms with Crippen LogP contribution in [0.25, 0.3) is 11.6 Å². The highest BCUT2D eigenvalue weighted by molar-refractivity contribution is 6.44. The van der Waals surface area contributed by atoms with Gasteiger partial charge in [0.2, 0.25) is 5.95 Å². The first-order valence-electron chi connectivity index (χ1n) is 12.8. The summed E-state index contributed by atoms with van der Waals surface area (Å²) in [5.74, 6) is 2.83. The summed E-state index contributed by atoms with van der Waals surface area (Å²) in [6.07, 6.45) is 6.57. The molecule has 4 heterocycles. The first-order chi connectivity index (χ1) is 17.7. The van der Waals surface area contributed by atoms with E-state index in [9.17, 15) is 4.79 Å². The number of amidine groups is 1. The zero-order valence-corrected chi connectivity index (χ0v) is 22.9. The molecule has 1 aromatic heterocycles. The number of hydrogen-bond donors (Lipinski definition) is 1. The molecule has 3 aliphatic heterocycles. The smallest absolute Gasteiger partial charge is 0.410 e. The van der Waals surface area contributed by atoms with Gasteiger partial charge in [-0.2, -0.15) is 4.98 Å². The fourth-order valence-corrected chi connectivity index (χ4v) is 5.55. The van der Waals surface area contributed by atoms with Gasteiger partial charge in [-0.1, -0.05) is 29.3 Å². The first kappa shape index (κ1) is 25.8. The fourth-order valence-electron chi connectivity index (χ4n) is 4.95. The topological polar surface area (TPSA) is 82.9 Å². The summed E-state index contributed by atoms with van der Waals surface area (Å²) in [7, 11) is 0. The summed E-state index contributed by atoms with van der Waals surface area (Å²) in [6, 6.07) is 5.51. The number of carbonyl (C=O) groups is 1. The van der Waals surface area contributed by atoms with E-state index in [1.807, 2.05) is 56.1 Å². The Hall–Kier alpha value is -2.84. The van der Waals surface area contributed by atoms with Gasteiger partial charge in [-0.3, -0.25) is 4.99 Å². The molecule has 1 amide bonds. The number of aromatic nitrogens is 2. The molecule has 3 aliphatic rings. The third-order valence-electron chi connectivity index (χ3n) is 6.77. The van der Waals surface area contributed by atoms with E-state index in [1.165, 1.54) is 0 Å². The van der Waals surface area contributed by atoms with E-state index in [0.717, 1.165) is 73.8 Å². The standard InChI is InChI=1S/C27H32Cl2N6O2/c1-27(2,3)37-26(36)34-12-8-17(9-13-34)7-10-31-25-32-16-18-15-19(22-20(28)5-4-6-21(22)29)24-30-11-14-35(24)23(18)33-25/h4-6,15-17H,7-14H2,1-3H3,(H,31,32,33). The van der Waals surface area contributed by atoms with Gasteiger partial charge in [-0.05, 0) is 64.2 Å². The van der Waals surface area contributed by atoms with Gasteiger partial charge in [0.05, 0.1) is 16.6 Å². The quantitative estimate of drug-likeness (QED) is 0.498. The van der Waals surface area contributed by atoms with Gasteiger partial charge in [0, 0.05) is 49.1 Å². The number of hydrogen-bond acceptors (Lipinski definition) is 7. The van der Waals surface area contributed by atoms with Crippen molar-refractivity contribution in [3.05, 3.63) is 45.6 Å². The molecule has 0 spiro atoms. The predicted molar refractivity (Wildman–Crippen MR) is 150 cm³/mol. The number of anilines is 2. The van der Waals surface area contributed by atoms with E-state index in [1.54, 1.807) is 0 Å². The first-order valence-corrected chi connectivity index (χ1v) is 13.5. The summed E-state index contributed by atoms with van der Waals surface area (Å²) >= 11 is 13.0. The number of piperidine rings is 1. The van der Waals surface area contributed by atoms with Crippen LogP contribution in [0, 0.1) is 5.92 Å². The molecule has 1 N–H and O–H groups in total. The third kappa shape index (κ3) is 5.70. The number of carbonyl (C=O) groups excluding carboxylic acids is 1. The summed E-state index contributed by atoms with van der Waals surface area (Å²) in [6.45, 7) is 9.35. The minimum atomic E-state index is -0.465. The van der Waals surface area contributed by atoms with Gasteiger partial charge in [-0.15, -0.1) is 0 Å². The van der Waals surface area contributed by atoms with Crippen LogP contribution in [0.1, 0.15) is 51.2 Å². The fraction of sp³-hybridized carbons (Fsp3) is 0.481. The Balaban J connectivity index is 1.21. The lowest BCUT2D eigenvalue weighted by atomic mass is 9.94. The van der Waals surface area contributed by atoms with Crippen molar-refractivity contribution < 1.29 is 9.53 Å². The van der Waals surface area contributed by atoms with Crippen molar-refractivity contribution >= 4 is 58.5 Å². The van der Waals surface area contributed by atoms with Gasteiger partial charge >= 0.3 is 6.09 Å². The molecule has 0 unspecified atom stereocenters. The zero-order chi connectivity index (χ0) is 26.2. The Morgan fingerprint density at radius 2 is 1.89 bits per heavy atom. The average molecular weight is 543 g/mol. The molecule has 196 valence electrons. The van der Waals surface area contributed by atoms with Crippen LogP contribution in [0.5, 0.6) is 0 Å². The van der Waals surface area contributed by atoms with Crippen molar-refractivity contribution in [2.24, 2.45) is 10.9 Å². The van der Waals surface area contributed by atoms with Crippen LogP contribution in [-0.2, 0) is 4.74 Å². The normalized spacial score (nSPS) is 17.6. The Morgan fingerprint density at radius 3 is 2.59 bits per heavy atom. The molecule has 1 fully saturated rings. The molecule has 1 saturated heterocycles. The second kappa shape index (κ2) is 10.5. The number of likely N-dealkylation sites (tertiary alicyclic amines) is 1. The molecule has 0 radical (unpaired) electrons. The second-order valence-electron chi connectivity index (χ2n) is 10.6. The van der Waals surface area contributed by atoms with E-state index in [0.29, 0.717) is 28.5 Å². The third-order valence-corrected chi connectivity index (χ3v) is 7.40. The molecule has 0 atom stereocenters. The molecule has 1 aromatic carbocycles. The van der Waals surface area contributed by atoms with Crippen molar-refractivity contribution in [1.29, 1.82) is 0 Å². The van der Waals surface area contributed by atoms with Crippen LogP contribution in [0.3, 0.4) is 0 Å². The largest absolute Gasteiger partial charge is 0.444 e. The van der Waals surface area contributed by atoms with Crippen molar-refractivity contribution in [2.75, 3.05) is 42.9 Å². The maximum atomic E-state index is 12.3. The number of nitrogens with zero attached hydrogens (tertiary/aromatic N) is 5. The van der Waals surface area contributed by atoms with Crippen LogP contribution in [0.15, 0.2) is 29.4 Å². The van der Waals surface area contributed by atoms with Gasteiger partial charge in [0.15, 0.2) is 0 Å². The van der Waals surface area contributed by atoms with Crippen molar-refractivity contribution in [3.63, 3.8) is 0 Å². The molecular formula is C27H32Cl2N6O2. The number of aliphatic imine (C=N–C) groups is 1. The number of fused-ring (bicyclic) bond motifs is 3. The number of benzene rings is 1. The molecular weight excluding hydrogens is 511 g/mol. The van der Waals surface area contributed by atoms with Gasteiger partial charge in [-0.25, -0.2) is 9.78 Å². The lowest BCUT2D eigenvalue weighted by Crippen LogP contribution is -2.41. The molecule has 8 nitrogen and oxygen atoms in total. The zero-order valence-electron chi connectivity index (χ0n) is 21.4. The second-order valence-corrected chi connectivity index (χ2v) is 11.4.